The third-order valence-corrected chi connectivity index (χ3v) is 3.22. The molecule has 1 amide bonds. The van der Waals surface area contributed by atoms with Crippen LogP contribution in [0, 0.1) is 11.3 Å². The second kappa shape index (κ2) is 7.66. The van der Waals surface area contributed by atoms with Gasteiger partial charge < -0.3 is 9.64 Å². The van der Waals surface area contributed by atoms with E-state index in [9.17, 15) is 18.0 Å². The maximum Gasteiger partial charge on any atom is 0.422 e. The molecule has 1 aromatic carbocycles. The molecule has 8 heteroatoms. The Morgan fingerprint density at radius 2 is 1.92 bits per heavy atom. The molecule has 0 aliphatic heterocycles. The number of ether oxygens (including phenoxy) is 1. The highest BCUT2D eigenvalue weighted by Gasteiger charge is 2.28. The van der Waals surface area contributed by atoms with Crippen molar-refractivity contribution in [1.29, 1.82) is 5.26 Å². The molecule has 0 fully saturated rings. The van der Waals surface area contributed by atoms with Crippen molar-refractivity contribution in [2.75, 3.05) is 13.7 Å². The lowest BCUT2D eigenvalue weighted by atomic mass is 10.1. The summed E-state index contributed by atoms with van der Waals surface area (Å²) in [4.78, 5) is 17.5. The minimum absolute atomic E-state index is 0.205. The van der Waals surface area contributed by atoms with E-state index in [0.29, 0.717) is 12.1 Å². The number of nitriles is 1. The molecule has 5 nitrogen and oxygen atoms in total. The number of carbonyl (C=O) groups is 1. The first-order valence-electron chi connectivity index (χ1n) is 7.18. The second-order valence-electron chi connectivity index (χ2n) is 5.26. The Morgan fingerprint density at radius 3 is 2.44 bits per heavy atom. The van der Waals surface area contributed by atoms with Crippen molar-refractivity contribution in [2.24, 2.45) is 0 Å². The van der Waals surface area contributed by atoms with Crippen molar-refractivity contribution in [2.45, 2.75) is 12.7 Å². The Hall–Kier alpha value is -3.08. The quantitative estimate of drug-likeness (QED) is 0.832. The zero-order chi connectivity index (χ0) is 18.4. The Balaban J connectivity index is 1.97. The number of carbonyl (C=O) groups excluding carboxylic acids is 1. The van der Waals surface area contributed by atoms with Crippen LogP contribution in [0.3, 0.4) is 0 Å². The van der Waals surface area contributed by atoms with Gasteiger partial charge in [-0.3, -0.25) is 4.79 Å². The predicted octanol–water partition coefficient (Wildman–Crippen LogP) is 3.17. The molecule has 0 saturated heterocycles. The highest BCUT2D eigenvalue weighted by molar-refractivity contribution is 5.93. The highest BCUT2D eigenvalue weighted by Crippen LogP contribution is 2.17. The molecule has 0 radical (unpaired) electrons. The smallest absolute Gasteiger partial charge is 0.422 e. The van der Waals surface area contributed by atoms with Crippen molar-refractivity contribution < 1.29 is 22.7 Å². The van der Waals surface area contributed by atoms with Gasteiger partial charge in [0.1, 0.15) is 0 Å². The van der Waals surface area contributed by atoms with E-state index in [1.54, 1.807) is 31.3 Å². The van der Waals surface area contributed by atoms with E-state index in [2.05, 4.69) is 9.72 Å². The lowest BCUT2D eigenvalue weighted by Crippen LogP contribution is -2.26. The molecule has 0 spiro atoms. The summed E-state index contributed by atoms with van der Waals surface area (Å²) in [6, 6.07) is 11.4. The summed E-state index contributed by atoms with van der Waals surface area (Å²) in [6.45, 7) is -1.12. The van der Waals surface area contributed by atoms with E-state index in [1.807, 2.05) is 6.07 Å². The molecule has 130 valence electrons. The Labute approximate surface area is 142 Å². The number of nitrogens with zero attached hydrogens (tertiary/aromatic N) is 3. The SMILES string of the molecule is CN(Cc1ccc(C#N)cc1)C(=O)c1ccc(OCC(F)(F)F)nc1. The van der Waals surface area contributed by atoms with Gasteiger partial charge in [0.15, 0.2) is 6.61 Å². The number of rotatable bonds is 5. The van der Waals surface area contributed by atoms with Gasteiger partial charge in [-0.25, -0.2) is 4.98 Å². The fourth-order valence-corrected chi connectivity index (χ4v) is 2.00. The van der Waals surface area contributed by atoms with Gasteiger partial charge in [-0.05, 0) is 23.8 Å². The van der Waals surface area contributed by atoms with Gasteiger partial charge in [-0.15, -0.1) is 0 Å². The van der Waals surface area contributed by atoms with Gasteiger partial charge in [0.25, 0.3) is 5.91 Å². The Morgan fingerprint density at radius 1 is 1.24 bits per heavy atom. The largest absolute Gasteiger partial charge is 0.468 e. The van der Waals surface area contributed by atoms with Crippen LogP contribution in [0.5, 0.6) is 5.88 Å². The lowest BCUT2D eigenvalue weighted by molar-refractivity contribution is -0.154. The molecular formula is C17H14F3N3O2. The van der Waals surface area contributed by atoms with Gasteiger partial charge in [0.05, 0.1) is 17.2 Å². The molecule has 0 aliphatic rings. The normalized spacial score (nSPS) is 10.8. The van der Waals surface area contributed by atoms with E-state index in [0.717, 1.165) is 5.56 Å². The molecule has 25 heavy (non-hydrogen) atoms. The predicted molar refractivity (Wildman–Crippen MR) is 82.7 cm³/mol. The number of aromatic nitrogens is 1. The van der Waals surface area contributed by atoms with Crippen molar-refractivity contribution in [3.8, 4) is 11.9 Å². The number of alkyl halides is 3. The van der Waals surface area contributed by atoms with Gasteiger partial charge in [0, 0.05) is 25.9 Å². The molecule has 0 atom stereocenters. The summed E-state index contributed by atoms with van der Waals surface area (Å²) in [7, 11) is 1.59. The first-order chi connectivity index (χ1) is 11.8. The summed E-state index contributed by atoms with van der Waals surface area (Å²) in [6.07, 6.45) is -3.28. The highest BCUT2D eigenvalue weighted by atomic mass is 19.4. The number of pyridine rings is 1. The Bertz CT molecular complexity index is 766. The zero-order valence-electron chi connectivity index (χ0n) is 13.2. The molecule has 0 aliphatic carbocycles. The fraction of sp³-hybridized carbons (Fsp3) is 0.235. The number of hydrogen-bond acceptors (Lipinski definition) is 4. The van der Waals surface area contributed by atoms with Crippen LogP contribution >= 0.6 is 0 Å². The zero-order valence-corrected chi connectivity index (χ0v) is 13.2. The standard InChI is InChI=1S/C17H14F3N3O2/c1-23(10-13-4-2-12(8-21)3-5-13)16(24)14-6-7-15(22-9-14)25-11-17(18,19)20/h2-7,9H,10-11H2,1H3. The maximum atomic E-state index is 12.3. The third-order valence-electron chi connectivity index (χ3n) is 3.22. The molecule has 1 aromatic heterocycles. The van der Waals surface area contributed by atoms with Crippen LogP contribution in [0.25, 0.3) is 0 Å². The van der Waals surface area contributed by atoms with Crippen LogP contribution in [-0.2, 0) is 6.54 Å². The van der Waals surface area contributed by atoms with Crippen LogP contribution < -0.4 is 4.74 Å². The number of halogens is 3. The summed E-state index contributed by atoms with van der Waals surface area (Å²) in [5, 5.41) is 8.76. The van der Waals surface area contributed by atoms with Crippen molar-refractivity contribution >= 4 is 5.91 Å². The van der Waals surface area contributed by atoms with Crippen LogP contribution in [0.1, 0.15) is 21.5 Å². The summed E-state index contributed by atoms with van der Waals surface area (Å²) in [5.41, 5.74) is 1.60. The monoisotopic (exact) mass is 349 g/mol. The van der Waals surface area contributed by atoms with Crippen LogP contribution in [-0.4, -0.2) is 35.6 Å². The van der Waals surface area contributed by atoms with Gasteiger partial charge in [-0.2, -0.15) is 18.4 Å². The minimum atomic E-state index is -4.45. The number of benzene rings is 1. The average Bonchev–Trinajstić information content (AvgIpc) is 2.60. The fourth-order valence-electron chi connectivity index (χ4n) is 2.00. The van der Waals surface area contributed by atoms with E-state index >= 15 is 0 Å². The van der Waals surface area contributed by atoms with Gasteiger partial charge in [0.2, 0.25) is 5.88 Å². The van der Waals surface area contributed by atoms with E-state index < -0.39 is 12.8 Å². The average molecular weight is 349 g/mol. The first-order valence-corrected chi connectivity index (χ1v) is 7.18. The van der Waals surface area contributed by atoms with Crippen LogP contribution in [0.2, 0.25) is 0 Å². The van der Waals surface area contributed by atoms with E-state index in [4.69, 9.17) is 5.26 Å². The number of hydrogen-bond donors (Lipinski definition) is 0. The number of amides is 1. The van der Waals surface area contributed by atoms with Crippen molar-refractivity contribution in [3.05, 3.63) is 59.3 Å². The molecule has 0 bridgehead atoms. The maximum absolute atomic E-state index is 12.3. The molecule has 0 unspecified atom stereocenters. The molecular weight excluding hydrogens is 335 g/mol. The summed E-state index contributed by atoms with van der Waals surface area (Å²) < 4.78 is 40.7. The topological polar surface area (TPSA) is 66.2 Å². The van der Waals surface area contributed by atoms with Crippen LogP contribution in [0.4, 0.5) is 13.2 Å². The van der Waals surface area contributed by atoms with E-state index in [-0.39, 0.29) is 17.4 Å². The summed E-state index contributed by atoms with van der Waals surface area (Å²) >= 11 is 0. The Kier molecular flexibility index (Phi) is 5.60. The van der Waals surface area contributed by atoms with Crippen molar-refractivity contribution in [3.63, 3.8) is 0 Å². The van der Waals surface area contributed by atoms with Crippen LogP contribution in [0.15, 0.2) is 42.6 Å². The lowest BCUT2D eigenvalue weighted by Gasteiger charge is -2.17. The molecule has 0 saturated carbocycles. The second-order valence-corrected chi connectivity index (χ2v) is 5.26. The first kappa shape index (κ1) is 18.3. The van der Waals surface area contributed by atoms with E-state index in [1.165, 1.54) is 23.2 Å². The molecule has 2 aromatic rings. The van der Waals surface area contributed by atoms with Crippen molar-refractivity contribution in [1.82, 2.24) is 9.88 Å². The molecule has 2 rings (SSSR count). The minimum Gasteiger partial charge on any atom is -0.468 e. The third kappa shape index (κ3) is 5.49. The summed E-state index contributed by atoms with van der Waals surface area (Å²) in [5.74, 6) is -0.539. The molecule has 0 N–H and O–H groups in total. The van der Waals surface area contributed by atoms with Gasteiger partial charge >= 0.3 is 6.18 Å². The molecule has 1 heterocycles. The van der Waals surface area contributed by atoms with Gasteiger partial charge in [-0.1, -0.05) is 12.1 Å².